The monoisotopic (exact) mass is 396 g/mol. The molecule has 3 aromatic carbocycles. The molecule has 2 N–H and O–H groups in total. The molecule has 146 valence electrons. The van der Waals surface area contributed by atoms with Crippen molar-refractivity contribution in [3.63, 3.8) is 0 Å². The highest BCUT2D eigenvalue weighted by atomic mass is 32.2. The van der Waals surface area contributed by atoms with Crippen LogP contribution in [-0.2, 0) is 15.5 Å². The van der Waals surface area contributed by atoms with Crippen molar-refractivity contribution in [2.24, 2.45) is 0 Å². The van der Waals surface area contributed by atoms with Crippen molar-refractivity contribution >= 4 is 10.1 Å². The molecule has 0 spiro atoms. The second kappa shape index (κ2) is 7.41. The Hall–Kier alpha value is -2.63. The summed E-state index contributed by atoms with van der Waals surface area (Å²) < 4.78 is 32.7. The molecule has 0 aliphatic carbocycles. The van der Waals surface area contributed by atoms with Crippen LogP contribution in [0.2, 0.25) is 0 Å². The molecule has 0 bridgehead atoms. The Morgan fingerprint density at radius 3 is 2.04 bits per heavy atom. The topological polar surface area (TPSA) is 74.6 Å². The van der Waals surface area contributed by atoms with Gasteiger partial charge in [-0.1, -0.05) is 87.5 Å². The molecule has 4 nitrogen and oxygen atoms in total. The lowest BCUT2D eigenvalue weighted by Gasteiger charge is -2.31. The fourth-order valence-electron chi connectivity index (χ4n) is 3.74. The zero-order valence-corrected chi connectivity index (χ0v) is 16.9. The van der Waals surface area contributed by atoms with Gasteiger partial charge in [0.2, 0.25) is 0 Å². The number of phenolic OH excluding ortho intramolecular Hbond substituents is 1. The molecule has 0 amide bonds. The smallest absolute Gasteiger partial charge is 0.298 e. The Morgan fingerprint density at radius 2 is 1.39 bits per heavy atom. The molecule has 0 saturated heterocycles. The quantitative estimate of drug-likeness (QED) is 0.587. The summed E-state index contributed by atoms with van der Waals surface area (Å²) in [5.41, 5.74) is 2.99. The molecule has 0 aliphatic rings. The number of aromatic hydroxyl groups is 1. The Bertz CT molecular complexity index is 1090. The summed E-state index contributed by atoms with van der Waals surface area (Å²) in [4.78, 5) is -0.480. The Morgan fingerprint density at radius 1 is 0.821 bits per heavy atom. The number of para-hydroxylation sites is 1. The van der Waals surface area contributed by atoms with Crippen molar-refractivity contribution in [2.45, 2.75) is 37.0 Å². The summed E-state index contributed by atoms with van der Waals surface area (Å²) in [7, 11) is -4.52. The minimum absolute atomic E-state index is 0.114. The molecule has 0 aromatic heterocycles. The zero-order valence-electron chi connectivity index (χ0n) is 16.1. The maximum atomic E-state index is 11.6. The minimum atomic E-state index is -4.52. The van der Waals surface area contributed by atoms with Crippen molar-refractivity contribution in [3.8, 4) is 5.75 Å². The average molecular weight is 397 g/mol. The standard InChI is InChI=1S/C23H24O4S/c1-16(17-10-5-4-6-11-17)18-12-7-8-13-19(18)23(2,3)20-14-9-15-21(22(20)24)28(25,26)27/h4-16,24H,1-3H3,(H,25,26,27). The van der Waals surface area contributed by atoms with Crippen LogP contribution in [0, 0.1) is 0 Å². The molecule has 0 saturated carbocycles. The third-order valence-electron chi connectivity index (χ3n) is 5.35. The lowest BCUT2D eigenvalue weighted by atomic mass is 9.73. The molecule has 0 heterocycles. The molecule has 3 rings (SSSR count). The lowest BCUT2D eigenvalue weighted by molar-refractivity contribution is 0.427. The third-order valence-corrected chi connectivity index (χ3v) is 6.24. The van der Waals surface area contributed by atoms with Crippen LogP contribution in [0.3, 0.4) is 0 Å². The SMILES string of the molecule is CC(c1ccccc1)c1ccccc1C(C)(C)c1cccc(S(=O)(=O)O)c1O. The zero-order chi connectivity index (χ0) is 20.5. The van der Waals surface area contributed by atoms with Crippen molar-refractivity contribution in [1.82, 2.24) is 0 Å². The second-order valence-corrected chi connectivity index (χ2v) is 8.86. The van der Waals surface area contributed by atoms with E-state index < -0.39 is 26.2 Å². The molecule has 5 heteroatoms. The third kappa shape index (κ3) is 3.68. The number of hydrogen-bond donors (Lipinski definition) is 2. The maximum absolute atomic E-state index is 11.6. The summed E-state index contributed by atoms with van der Waals surface area (Å²) in [6.07, 6.45) is 0. The van der Waals surface area contributed by atoms with E-state index in [4.69, 9.17) is 0 Å². The van der Waals surface area contributed by atoms with Crippen LogP contribution >= 0.6 is 0 Å². The van der Waals surface area contributed by atoms with Crippen LogP contribution < -0.4 is 0 Å². The molecule has 0 fully saturated rings. The van der Waals surface area contributed by atoms with Gasteiger partial charge in [-0.25, -0.2) is 0 Å². The van der Waals surface area contributed by atoms with Crippen LogP contribution in [0.15, 0.2) is 77.7 Å². The van der Waals surface area contributed by atoms with E-state index in [9.17, 15) is 18.1 Å². The van der Waals surface area contributed by atoms with E-state index in [2.05, 4.69) is 25.1 Å². The molecular formula is C23H24O4S. The minimum Gasteiger partial charge on any atom is -0.506 e. The largest absolute Gasteiger partial charge is 0.506 e. The van der Waals surface area contributed by atoms with Crippen molar-refractivity contribution in [3.05, 3.63) is 95.1 Å². The molecular weight excluding hydrogens is 372 g/mol. The first kappa shape index (κ1) is 20.1. The lowest BCUT2D eigenvalue weighted by Crippen LogP contribution is -2.22. The second-order valence-electron chi connectivity index (χ2n) is 7.47. The van der Waals surface area contributed by atoms with Gasteiger partial charge < -0.3 is 5.11 Å². The summed E-state index contributed by atoms with van der Waals surface area (Å²) in [6.45, 7) is 6.00. The summed E-state index contributed by atoms with van der Waals surface area (Å²) in [5.74, 6) is -0.305. The summed E-state index contributed by atoms with van der Waals surface area (Å²) in [6, 6.07) is 22.5. The fourth-order valence-corrected chi connectivity index (χ4v) is 4.35. The number of hydrogen-bond acceptors (Lipinski definition) is 3. The maximum Gasteiger partial charge on any atom is 0.298 e. The summed E-state index contributed by atoms with van der Waals surface area (Å²) in [5, 5.41) is 10.6. The highest BCUT2D eigenvalue weighted by Gasteiger charge is 2.32. The van der Waals surface area contributed by atoms with Gasteiger partial charge in [-0.3, -0.25) is 4.55 Å². The van der Waals surface area contributed by atoms with E-state index in [-0.39, 0.29) is 5.92 Å². The normalized spacial score (nSPS) is 13.3. The van der Waals surface area contributed by atoms with Gasteiger partial charge in [0.1, 0.15) is 10.6 Å². The average Bonchev–Trinajstić information content (AvgIpc) is 2.67. The number of rotatable bonds is 5. The van der Waals surface area contributed by atoms with Gasteiger partial charge in [0.25, 0.3) is 10.1 Å². The van der Waals surface area contributed by atoms with Gasteiger partial charge in [0, 0.05) is 16.9 Å². The van der Waals surface area contributed by atoms with Crippen LogP contribution in [0.25, 0.3) is 0 Å². The summed E-state index contributed by atoms with van der Waals surface area (Å²) >= 11 is 0. The number of phenols is 1. The predicted molar refractivity (Wildman–Crippen MR) is 110 cm³/mol. The predicted octanol–water partition coefficient (Wildman–Crippen LogP) is 5.12. The van der Waals surface area contributed by atoms with E-state index >= 15 is 0 Å². The van der Waals surface area contributed by atoms with Gasteiger partial charge in [-0.15, -0.1) is 0 Å². The fraction of sp³-hybridized carbons (Fsp3) is 0.217. The first-order valence-electron chi connectivity index (χ1n) is 9.08. The van der Waals surface area contributed by atoms with Crippen molar-refractivity contribution in [2.75, 3.05) is 0 Å². The van der Waals surface area contributed by atoms with Crippen LogP contribution in [-0.4, -0.2) is 18.1 Å². The molecule has 0 radical (unpaired) electrons. The van der Waals surface area contributed by atoms with Gasteiger partial charge in [0.05, 0.1) is 0 Å². The van der Waals surface area contributed by atoms with Crippen molar-refractivity contribution in [1.29, 1.82) is 0 Å². The van der Waals surface area contributed by atoms with E-state index in [1.54, 1.807) is 6.07 Å². The van der Waals surface area contributed by atoms with Gasteiger partial charge in [-0.05, 0) is 22.8 Å². The Labute approximate surface area is 166 Å². The van der Waals surface area contributed by atoms with E-state index in [1.165, 1.54) is 17.7 Å². The van der Waals surface area contributed by atoms with Gasteiger partial charge in [0.15, 0.2) is 0 Å². The molecule has 0 aliphatic heterocycles. The molecule has 1 unspecified atom stereocenters. The van der Waals surface area contributed by atoms with Gasteiger partial charge in [-0.2, -0.15) is 8.42 Å². The Balaban J connectivity index is 2.17. The van der Waals surface area contributed by atoms with E-state index in [0.29, 0.717) is 5.56 Å². The highest BCUT2D eigenvalue weighted by Crippen LogP contribution is 2.43. The first-order chi connectivity index (χ1) is 13.1. The van der Waals surface area contributed by atoms with Gasteiger partial charge >= 0.3 is 0 Å². The van der Waals surface area contributed by atoms with Crippen LogP contribution in [0.1, 0.15) is 48.9 Å². The van der Waals surface area contributed by atoms with Crippen LogP contribution in [0.4, 0.5) is 0 Å². The number of benzene rings is 3. The molecule has 28 heavy (non-hydrogen) atoms. The van der Waals surface area contributed by atoms with E-state index in [0.717, 1.165) is 11.1 Å². The molecule has 3 aromatic rings. The Kier molecular flexibility index (Phi) is 5.33. The van der Waals surface area contributed by atoms with Crippen LogP contribution in [0.5, 0.6) is 5.75 Å². The first-order valence-corrected chi connectivity index (χ1v) is 10.5. The molecule has 1 atom stereocenters. The van der Waals surface area contributed by atoms with Crippen molar-refractivity contribution < 1.29 is 18.1 Å². The highest BCUT2D eigenvalue weighted by molar-refractivity contribution is 7.86. The van der Waals surface area contributed by atoms with E-state index in [1.807, 2.05) is 50.2 Å².